The molecule has 0 aromatic heterocycles. The quantitative estimate of drug-likeness (QED) is 0.687. The molecule has 3 N–H and O–H groups in total. The number of aryl methyl sites for hydroxylation is 1. The van der Waals surface area contributed by atoms with Gasteiger partial charge in [-0.25, -0.2) is 4.79 Å². The second-order valence-electron chi connectivity index (χ2n) is 3.73. The Morgan fingerprint density at radius 2 is 2.33 bits per heavy atom. The number of aliphatic hydroxyl groups is 1. The SMILES string of the molecule is O=C(O)NC1CCc2cc(CO)ccc21. The summed E-state index contributed by atoms with van der Waals surface area (Å²) in [6.07, 6.45) is 0.684. The molecule has 4 heteroatoms. The average Bonchev–Trinajstić information content (AvgIpc) is 2.60. The summed E-state index contributed by atoms with van der Waals surface area (Å²) in [6, 6.07) is 5.58. The van der Waals surface area contributed by atoms with Gasteiger partial charge < -0.3 is 15.5 Å². The Balaban J connectivity index is 2.24. The number of fused-ring (bicyclic) bond motifs is 1. The molecule has 0 bridgehead atoms. The van der Waals surface area contributed by atoms with Crippen LogP contribution in [-0.2, 0) is 13.0 Å². The van der Waals surface area contributed by atoms with Gasteiger partial charge in [0, 0.05) is 0 Å². The Morgan fingerprint density at radius 3 is 3.00 bits per heavy atom. The third kappa shape index (κ3) is 1.94. The van der Waals surface area contributed by atoms with Crippen LogP contribution in [0.1, 0.15) is 29.2 Å². The van der Waals surface area contributed by atoms with Crippen LogP contribution >= 0.6 is 0 Å². The fourth-order valence-corrected chi connectivity index (χ4v) is 2.07. The summed E-state index contributed by atoms with van der Waals surface area (Å²) in [5.74, 6) is 0. The topological polar surface area (TPSA) is 69.6 Å². The lowest BCUT2D eigenvalue weighted by Crippen LogP contribution is -2.24. The highest BCUT2D eigenvalue weighted by Crippen LogP contribution is 2.31. The first-order chi connectivity index (χ1) is 7.20. The van der Waals surface area contributed by atoms with E-state index in [9.17, 15) is 4.79 Å². The lowest BCUT2D eigenvalue weighted by atomic mass is 10.1. The fourth-order valence-electron chi connectivity index (χ4n) is 2.07. The lowest BCUT2D eigenvalue weighted by molar-refractivity contribution is 0.190. The van der Waals surface area contributed by atoms with E-state index >= 15 is 0 Å². The zero-order chi connectivity index (χ0) is 10.8. The van der Waals surface area contributed by atoms with E-state index in [2.05, 4.69) is 5.32 Å². The molecule has 1 aromatic rings. The van der Waals surface area contributed by atoms with E-state index in [1.54, 1.807) is 0 Å². The second-order valence-corrected chi connectivity index (χ2v) is 3.73. The maximum absolute atomic E-state index is 10.5. The monoisotopic (exact) mass is 207 g/mol. The number of nitrogens with one attached hydrogen (secondary N) is 1. The number of carbonyl (C=O) groups is 1. The van der Waals surface area contributed by atoms with Gasteiger partial charge in [-0.3, -0.25) is 0 Å². The molecular formula is C11H13NO3. The number of hydrogen-bond donors (Lipinski definition) is 3. The molecule has 0 radical (unpaired) electrons. The molecule has 0 heterocycles. The third-order valence-electron chi connectivity index (χ3n) is 2.77. The molecule has 1 atom stereocenters. The molecule has 1 amide bonds. The normalized spacial score (nSPS) is 18.6. The largest absolute Gasteiger partial charge is 0.465 e. The summed E-state index contributed by atoms with van der Waals surface area (Å²) in [7, 11) is 0. The van der Waals surface area contributed by atoms with Crippen molar-refractivity contribution in [3.8, 4) is 0 Å². The number of aliphatic hydroxyl groups excluding tert-OH is 1. The van der Waals surface area contributed by atoms with Gasteiger partial charge in [-0.05, 0) is 29.5 Å². The molecule has 15 heavy (non-hydrogen) atoms. The molecular weight excluding hydrogens is 194 g/mol. The van der Waals surface area contributed by atoms with E-state index in [1.165, 1.54) is 0 Å². The van der Waals surface area contributed by atoms with Gasteiger partial charge >= 0.3 is 6.09 Å². The molecule has 1 aliphatic carbocycles. The summed E-state index contributed by atoms with van der Waals surface area (Å²) in [5, 5.41) is 20.1. The standard InChI is InChI=1S/C11H13NO3/c13-6-7-1-3-9-8(5-7)2-4-10(9)12-11(14)15/h1,3,5,10,12-13H,2,4,6H2,(H,14,15). The maximum Gasteiger partial charge on any atom is 0.405 e. The van der Waals surface area contributed by atoms with E-state index in [0.717, 1.165) is 29.5 Å². The first-order valence-corrected chi connectivity index (χ1v) is 4.92. The number of carboxylic acid groups (broad SMARTS) is 1. The number of amides is 1. The predicted molar refractivity (Wildman–Crippen MR) is 54.6 cm³/mol. The summed E-state index contributed by atoms with van der Waals surface area (Å²) in [6.45, 7) is 0.0320. The van der Waals surface area contributed by atoms with E-state index in [4.69, 9.17) is 10.2 Å². The Labute approximate surface area is 87.6 Å². The van der Waals surface area contributed by atoms with E-state index in [1.807, 2.05) is 18.2 Å². The maximum atomic E-state index is 10.5. The number of rotatable bonds is 2. The van der Waals surface area contributed by atoms with Crippen LogP contribution in [0.2, 0.25) is 0 Å². The third-order valence-corrected chi connectivity index (χ3v) is 2.77. The first-order valence-electron chi connectivity index (χ1n) is 4.92. The minimum Gasteiger partial charge on any atom is -0.465 e. The van der Waals surface area contributed by atoms with Crippen LogP contribution in [0.3, 0.4) is 0 Å². The van der Waals surface area contributed by atoms with E-state index < -0.39 is 6.09 Å². The second kappa shape index (κ2) is 3.90. The van der Waals surface area contributed by atoms with Gasteiger partial charge in [0.2, 0.25) is 0 Å². The van der Waals surface area contributed by atoms with E-state index in [0.29, 0.717) is 0 Å². The van der Waals surface area contributed by atoms with Crippen molar-refractivity contribution in [2.24, 2.45) is 0 Å². The Bertz CT molecular complexity index is 389. The smallest absolute Gasteiger partial charge is 0.405 e. The number of benzene rings is 1. The molecule has 4 nitrogen and oxygen atoms in total. The Hall–Kier alpha value is -1.55. The van der Waals surface area contributed by atoms with Crippen molar-refractivity contribution in [3.63, 3.8) is 0 Å². The van der Waals surface area contributed by atoms with Crippen LogP contribution in [0.5, 0.6) is 0 Å². The predicted octanol–water partition coefficient (Wildman–Crippen LogP) is 1.43. The average molecular weight is 207 g/mol. The van der Waals surface area contributed by atoms with Crippen LogP contribution in [0, 0.1) is 0 Å². The number of hydrogen-bond acceptors (Lipinski definition) is 2. The van der Waals surface area contributed by atoms with Gasteiger partial charge in [-0.2, -0.15) is 0 Å². The highest BCUT2D eigenvalue weighted by Gasteiger charge is 2.23. The zero-order valence-corrected chi connectivity index (χ0v) is 8.23. The van der Waals surface area contributed by atoms with Crippen molar-refractivity contribution in [2.45, 2.75) is 25.5 Å². The molecule has 1 aromatic carbocycles. The van der Waals surface area contributed by atoms with Gasteiger partial charge in [0.25, 0.3) is 0 Å². The van der Waals surface area contributed by atoms with Crippen molar-refractivity contribution in [2.75, 3.05) is 0 Å². The van der Waals surface area contributed by atoms with Gasteiger partial charge in [0.05, 0.1) is 12.6 Å². The highest BCUT2D eigenvalue weighted by molar-refractivity contribution is 5.65. The van der Waals surface area contributed by atoms with Crippen LogP contribution < -0.4 is 5.32 Å². The fraction of sp³-hybridized carbons (Fsp3) is 0.364. The van der Waals surface area contributed by atoms with E-state index in [-0.39, 0.29) is 12.6 Å². The summed E-state index contributed by atoms with van der Waals surface area (Å²) >= 11 is 0. The molecule has 0 spiro atoms. The minimum atomic E-state index is -0.987. The molecule has 0 saturated carbocycles. The van der Waals surface area contributed by atoms with Gasteiger partial charge in [-0.1, -0.05) is 18.2 Å². The molecule has 1 unspecified atom stereocenters. The van der Waals surface area contributed by atoms with Crippen molar-refractivity contribution < 1.29 is 15.0 Å². The first kappa shape index (κ1) is 9.98. The molecule has 1 aliphatic rings. The minimum absolute atomic E-state index is 0.0320. The molecule has 2 rings (SSSR count). The Morgan fingerprint density at radius 1 is 1.53 bits per heavy atom. The molecule has 0 saturated heterocycles. The zero-order valence-electron chi connectivity index (χ0n) is 8.23. The van der Waals surface area contributed by atoms with Crippen LogP contribution in [0.15, 0.2) is 18.2 Å². The molecule has 0 fully saturated rings. The van der Waals surface area contributed by atoms with Crippen molar-refractivity contribution in [1.29, 1.82) is 0 Å². The summed E-state index contributed by atoms with van der Waals surface area (Å²) < 4.78 is 0. The molecule has 0 aliphatic heterocycles. The van der Waals surface area contributed by atoms with Crippen molar-refractivity contribution in [1.82, 2.24) is 5.32 Å². The van der Waals surface area contributed by atoms with Gasteiger partial charge in [-0.15, -0.1) is 0 Å². The Kier molecular flexibility index (Phi) is 2.60. The van der Waals surface area contributed by atoms with Gasteiger partial charge in [0.1, 0.15) is 0 Å². The van der Waals surface area contributed by atoms with Gasteiger partial charge in [0.15, 0.2) is 0 Å². The van der Waals surface area contributed by atoms with Crippen molar-refractivity contribution in [3.05, 3.63) is 34.9 Å². The summed E-state index contributed by atoms with van der Waals surface area (Å²) in [4.78, 5) is 10.5. The van der Waals surface area contributed by atoms with Crippen LogP contribution in [0.25, 0.3) is 0 Å². The summed E-state index contributed by atoms with van der Waals surface area (Å²) in [5.41, 5.74) is 3.06. The lowest BCUT2D eigenvalue weighted by Gasteiger charge is -2.11. The highest BCUT2D eigenvalue weighted by atomic mass is 16.4. The van der Waals surface area contributed by atoms with Crippen molar-refractivity contribution >= 4 is 6.09 Å². The van der Waals surface area contributed by atoms with Crippen LogP contribution in [0.4, 0.5) is 4.79 Å². The van der Waals surface area contributed by atoms with Crippen LogP contribution in [-0.4, -0.2) is 16.3 Å². The molecule has 80 valence electrons.